The lowest BCUT2D eigenvalue weighted by atomic mass is 9.98. The lowest BCUT2D eigenvalue weighted by molar-refractivity contribution is -0.154. The molecule has 5 atom stereocenters. The van der Waals surface area contributed by atoms with Crippen LogP contribution in [0.4, 0.5) is 0 Å². The van der Waals surface area contributed by atoms with E-state index >= 15 is 0 Å². The van der Waals surface area contributed by atoms with Crippen molar-refractivity contribution in [2.24, 2.45) is 5.18 Å². The molecule has 0 rings (SSSR count). The van der Waals surface area contributed by atoms with Crippen molar-refractivity contribution in [1.82, 2.24) is 9.80 Å². The Morgan fingerprint density at radius 3 is 1.18 bits per heavy atom. The number of nitroso groups, excluding NO2 is 1. The number of carbonyl (C=O) groups is 2. The van der Waals surface area contributed by atoms with Crippen molar-refractivity contribution in [2.45, 2.75) is 244 Å². The van der Waals surface area contributed by atoms with Crippen LogP contribution in [0, 0.1) is 4.91 Å². The fraction of sp³-hybridized carbons (Fsp3) is 0.958. The normalized spacial score (nSPS) is 14.8. The first-order chi connectivity index (χ1) is 28.9. The Hall–Kier alpha value is -1.70. The highest BCUT2D eigenvalue weighted by molar-refractivity contribution is 5.74. The van der Waals surface area contributed by atoms with E-state index in [1.54, 1.807) is 0 Å². The minimum atomic E-state index is -1.58. The summed E-state index contributed by atoms with van der Waals surface area (Å²) in [5, 5.41) is 46.3. The number of hydrogen-bond acceptors (Lipinski definition) is 12. The second kappa shape index (κ2) is 40.1. The van der Waals surface area contributed by atoms with Crippen LogP contribution in [-0.4, -0.2) is 125 Å². The molecule has 0 aliphatic rings. The predicted octanol–water partition coefficient (Wildman–Crippen LogP) is 9.65. The molecule has 0 heterocycles. The summed E-state index contributed by atoms with van der Waals surface area (Å²) in [6, 6.07) is -0.284. The van der Waals surface area contributed by atoms with Crippen molar-refractivity contribution in [3.05, 3.63) is 4.91 Å². The van der Waals surface area contributed by atoms with Crippen molar-refractivity contribution in [3.8, 4) is 0 Å². The summed E-state index contributed by atoms with van der Waals surface area (Å²) in [6.45, 7) is 14.2. The van der Waals surface area contributed by atoms with Gasteiger partial charge in [-0.3, -0.25) is 19.4 Å². The molecule has 0 amide bonds. The molecule has 0 spiro atoms. The van der Waals surface area contributed by atoms with Gasteiger partial charge in [0.05, 0.1) is 50.0 Å². The predicted molar refractivity (Wildman–Crippen MR) is 245 cm³/mol. The van der Waals surface area contributed by atoms with Crippen molar-refractivity contribution < 1.29 is 39.5 Å². The molecule has 0 aliphatic carbocycles. The third-order valence-corrected chi connectivity index (χ3v) is 11.4. The summed E-state index contributed by atoms with van der Waals surface area (Å²) < 4.78 is 10.8. The van der Waals surface area contributed by atoms with E-state index in [1.165, 1.54) is 26.2 Å². The number of carbonyl (C=O) groups excluding carboxylic acids is 2. The zero-order valence-electron chi connectivity index (χ0n) is 39.4. The van der Waals surface area contributed by atoms with Gasteiger partial charge in [-0.25, -0.2) is 0 Å². The van der Waals surface area contributed by atoms with Crippen molar-refractivity contribution in [3.63, 3.8) is 0 Å². The van der Waals surface area contributed by atoms with E-state index in [0.29, 0.717) is 39.0 Å². The maximum Gasteiger partial charge on any atom is 0.308 e. The quantitative estimate of drug-likeness (QED) is 0.0261. The molecule has 0 aliphatic heterocycles. The average molecular weight is 858 g/mol. The SMILES string of the molecule is CCCCCCC(O)CN(CCCCCOC(=O)CC(C)(O)CC(=O)OCCCCCN(CC(O)CCCCCC)CC(CCCCCC)N=O)CC(O)CCCCCC. The Morgan fingerprint density at radius 2 is 0.833 bits per heavy atom. The van der Waals surface area contributed by atoms with E-state index in [1.807, 2.05) is 0 Å². The van der Waals surface area contributed by atoms with Gasteiger partial charge >= 0.3 is 11.9 Å². The largest absolute Gasteiger partial charge is 0.466 e. The van der Waals surface area contributed by atoms with Gasteiger partial charge < -0.3 is 29.9 Å². The third-order valence-electron chi connectivity index (χ3n) is 11.4. The number of nitrogens with zero attached hydrogens (tertiary/aromatic N) is 3. The number of rotatable bonds is 45. The third kappa shape index (κ3) is 36.9. The van der Waals surface area contributed by atoms with Crippen LogP contribution in [0.25, 0.3) is 0 Å². The van der Waals surface area contributed by atoms with E-state index in [9.17, 15) is 34.9 Å². The zero-order valence-corrected chi connectivity index (χ0v) is 39.4. The van der Waals surface area contributed by atoms with Crippen molar-refractivity contribution >= 4 is 11.9 Å². The number of unbranched alkanes of at least 4 members (excludes halogenated alkanes) is 16. The van der Waals surface area contributed by atoms with Gasteiger partial charge in [-0.15, -0.1) is 0 Å². The molecule has 0 fully saturated rings. The molecule has 0 bridgehead atoms. The molecule has 0 aromatic rings. The Balaban J connectivity index is 4.59. The summed E-state index contributed by atoms with van der Waals surface area (Å²) in [5.74, 6) is -1.12. The minimum absolute atomic E-state index is 0.211. The number of aliphatic hydroxyl groups is 4. The second-order valence-electron chi connectivity index (χ2n) is 18.0. The zero-order chi connectivity index (χ0) is 44.7. The Morgan fingerprint density at radius 1 is 0.500 bits per heavy atom. The molecule has 0 aromatic heterocycles. The lowest BCUT2D eigenvalue weighted by Gasteiger charge is -2.27. The summed E-state index contributed by atoms with van der Waals surface area (Å²) >= 11 is 0. The van der Waals surface area contributed by atoms with Gasteiger partial charge in [0.1, 0.15) is 6.04 Å². The molecule has 12 heteroatoms. The average Bonchev–Trinajstić information content (AvgIpc) is 3.19. The van der Waals surface area contributed by atoms with Crippen LogP contribution in [0.1, 0.15) is 214 Å². The molecule has 5 unspecified atom stereocenters. The maximum atomic E-state index is 12.5. The monoisotopic (exact) mass is 858 g/mol. The summed E-state index contributed by atoms with van der Waals surface area (Å²) in [4.78, 5) is 41.1. The number of hydrogen-bond donors (Lipinski definition) is 4. The molecule has 0 saturated carbocycles. The van der Waals surface area contributed by atoms with E-state index < -0.39 is 35.9 Å². The molecular formula is C48H95N3O9. The summed E-state index contributed by atoms with van der Waals surface area (Å²) in [6.07, 6.45) is 23.6. The van der Waals surface area contributed by atoms with Crippen LogP contribution < -0.4 is 0 Å². The molecular weight excluding hydrogens is 763 g/mol. The van der Waals surface area contributed by atoms with E-state index in [2.05, 4.69) is 42.7 Å². The molecule has 356 valence electrons. The fourth-order valence-corrected chi connectivity index (χ4v) is 7.77. The maximum absolute atomic E-state index is 12.5. The molecule has 4 N–H and O–H groups in total. The first-order valence-corrected chi connectivity index (χ1v) is 24.7. The number of aliphatic hydroxyl groups excluding tert-OH is 3. The highest BCUT2D eigenvalue weighted by atomic mass is 16.5. The van der Waals surface area contributed by atoms with Crippen LogP contribution >= 0.6 is 0 Å². The molecule has 12 nitrogen and oxygen atoms in total. The first-order valence-electron chi connectivity index (χ1n) is 24.7. The summed E-state index contributed by atoms with van der Waals surface area (Å²) in [5.41, 5.74) is -1.58. The lowest BCUT2D eigenvalue weighted by Crippen LogP contribution is -2.38. The standard InChI is InChI=1S/C48H95N3O9/c1-6-10-14-20-28-42(49-58)38-50(39-43(52)29-21-15-11-7-2)32-24-18-26-34-59-46(55)36-48(5,57)37-47(56)60-35-27-19-25-33-51(40-44(53)30-22-16-12-8-3)41-45(54)31-23-17-13-9-4/h42-45,52-54,57H,6-41H2,1-5H3. The van der Waals surface area contributed by atoms with E-state index in [0.717, 1.165) is 148 Å². The van der Waals surface area contributed by atoms with Crippen LogP contribution in [0.15, 0.2) is 5.18 Å². The van der Waals surface area contributed by atoms with E-state index in [4.69, 9.17) is 9.47 Å². The first kappa shape index (κ1) is 58.3. The highest BCUT2D eigenvalue weighted by Gasteiger charge is 2.29. The summed E-state index contributed by atoms with van der Waals surface area (Å²) in [7, 11) is 0. The molecule has 0 saturated heterocycles. The van der Waals surface area contributed by atoms with Gasteiger partial charge in [-0.05, 0) is 84.2 Å². The number of ether oxygens (including phenoxy) is 2. The van der Waals surface area contributed by atoms with Gasteiger partial charge in [-0.2, -0.15) is 4.91 Å². The molecule has 0 radical (unpaired) electrons. The number of esters is 2. The van der Waals surface area contributed by atoms with Gasteiger partial charge in [0.25, 0.3) is 0 Å². The van der Waals surface area contributed by atoms with Crippen LogP contribution in [0.2, 0.25) is 0 Å². The topological polar surface area (TPSA) is 169 Å². The Bertz CT molecular complexity index is 984. The Kier molecular flexibility index (Phi) is 39.0. The fourth-order valence-electron chi connectivity index (χ4n) is 7.77. The van der Waals surface area contributed by atoms with Crippen LogP contribution in [0.3, 0.4) is 0 Å². The smallest absolute Gasteiger partial charge is 0.308 e. The van der Waals surface area contributed by atoms with Crippen molar-refractivity contribution in [2.75, 3.05) is 52.5 Å². The van der Waals surface area contributed by atoms with Gasteiger partial charge in [-0.1, -0.05) is 136 Å². The van der Waals surface area contributed by atoms with Crippen molar-refractivity contribution in [1.29, 1.82) is 0 Å². The second-order valence-corrected chi connectivity index (χ2v) is 18.0. The Labute approximate surface area is 367 Å². The van der Waals surface area contributed by atoms with Crippen LogP contribution in [0.5, 0.6) is 0 Å². The van der Waals surface area contributed by atoms with Crippen LogP contribution in [-0.2, 0) is 19.1 Å². The van der Waals surface area contributed by atoms with Gasteiger partial charge in [0, 0.05) is 26.2 Å². The van der Waals surface area contributed by atoms with E-state index in [-0.39, 0.29) is 32.1 Å². The minimum Gasteiger partial charge on any atom is -0.466 e. The highest BCUT2D eigenvalue weighted by Crippen LogP contribution is 2.18. The molecule has 0 aromatic carbocycles. The molecule has 60 heavy (non-hydrogen) atoms. The van der Waals surface area contributed by atoms with Gasteiger partial charge in [0.2, 0.25) is 0 Å². The van der Waals surface area contributed by atoms with Gasteiger partial charge in [0.15, 0.2) is 0 Å².